The standard InChI is InChI=1S/C24H28N2O2/c1-24-10-9-17-18(20(24)7-8-22(24)28)6-5-15-13-21(27)16(12-19(15)17)14-26-23-4-2-3-11-25-23/h2-4,11-13,17-18,20,27H,5-10,14H2,1H3,(H,25,26)/t17?,18?,20?,24-/m0/s1. The van der Waals surface area contributed by atoms with Gasteiger partial charge in [-0.25, -0.2) is 4.98 Å². The van der Waals surface area contributed by atoms with E-state index in [1.807, 2.05) is 24.3 Å². The second kappa shape index (κ2) is 6.61. The fourth-order valence-electron chi connectivity index (χ4n) is 6.22. The molecule has 0 saturated heterocycles. The fourth-order valence-corrected chi connectivity index (χ4v) is 6.22. The molecule has 2 fully saturated rings. The van der Waals surface area contributed by atoms with Crippen molar-refractivity contribution in [3.05, 3.63) is 53.2 Å². The lowest BCUT2D eigenvalue weighted by Gasteiger charge is -2.48. The topological polar surface area (TPSA) is 62.2 Å². The molecule has 4 nitrogen and oxygen atoms in total. The minimum atomic E-state index is -0.0844. The molecule has 3 aliphatic rings. The van der Waals surface area contributed by atoms with Gasteiger partial charge in [-0.2, -0.15) is 0 Å². The van der Waals surface area contributed by atoms with E-state index in [9.17, 15) is 9.90 Å². The Morgan fingerprint density at radius 3 is 2.93 bits per heavy atom. The number of nitrogens with one attached hydrogen (secondary N) is 1. The average Bonchev–Trinajstić information content (AvgIpc) is 3.02. The van der Waals surface area contributed by atoms with Crippen molar-refractivity contribution < 1.29 is 9.90 Å². The van der Waals surface area contributed by atoms with Crippen LogP contribution in [0.4, 0.5) is 5.82 Å². The first kappa shape index (κ1) is 17.7. The molecule has 5 rings (SSSR count). The monoisotopic (exact) mass is 376 g/mol. The minimum Gasteiger partial charge on any atom is -0.508 e. The van der Waals surface area contributed by atoms with E-state index in [0.717, 1.165) is 49.9 Å². The molecule has 2 N–H and O–H groups in total. The first-order valence-electron chi connectivity index (χ1n) is 10.6. The lowest BCUT2D eigenvalue weighted by molar-refractivity contribution is -0.129. The van der Waals surface area contributed by atoms with Gasteiger partial charge in [0, 0.05) is 30.1 Å². The van der Waals surface area contributed by atoms with E-state index in [-0.39, 0.29) is 5.41 Å². The number of hydrogen-bond donors (Lipinski definition) is 2. The number of fused-ring (bicyclic) bond motifs is 5. The average molecular weight is 377 g/mol. The molecule has 146 valence electrons. The molecular weight excluding hydrogens is 348 g/mol. The van der Waals surface area contributed by atoms with Crippen molar-refractivity contribution in [3.63, 3.8) is 0 Å². The Hall–Kier alpha value is -2.36. The molecule has 0 spiro atoms. The van der Waals surface area contributed by atoms with E-state index in [1.54, 1.807) is 6.20 Å². The van der Waals surface area contributed by atoms with Crippen molar-refractivity contribution in [1.82, 2.24) is 4.98 Å². The van der Waals surface area contributed by atoms with Gasteiger partial charge in [0.2, 0.25) is 0 Å². The maximum Gasteiger partial charge on any atom is 0.139 e. The van der Waals surface area contributed by atoms with Crippen molar-refractivity contribution in [3.8, 4) is 5.75 Å². The van der Waals surface area contributed by atoms with E-state index in [4.69, 9.17) is 0 Å². The van der Waals surface area contributed by atoms with Crippen molar-refractivity contribution in [2.75, 3.05) is 5.32 Å². The zero-order valence-corrected chi connectivity index (χ0v) is 16.4. The van der Waals surface area contributed by atoms with Gasteiger partial charge in [0.25, 0.3) is 0 Å². The fraction of sp³-hybridized carbons (Fsp3) is 0.500. The molecule has 0 bridgehead atoms. The SMILES string of the molecule is C[C@]12CCC3c4cc(CNc5ccccn5)c(O)cc4CCC3C1CCC2=O. The lowest BCUT2D eigenvalue weighted by Crippen LogP contribution is -2.42. The molecule has 3 aliphatic carbocycles. The van der Waals surface area contributed by atoms with Crippen LogP contribution in [0.3, 0.4) is 0 Å². The van der Waals surface area contributed by atoms with Gasteiger partial charge in [0.05, 0.1) is 0 Å². The lowest BCUT2D eigenvalue weighted by atomic mass is 9.55. The van der Waals surface area contributed by atoms with Crippen LogP contribution in [0.15, 0.2) is 36.5 Å². The molecule has 2 aromatic rings. The number of carbonyl (C=O) groups excluding carboxylic acids is 1. The Labute approximate surface area is 166 Å². The Balaban J connectivity index is 1.43. The molecule has 4 atom stereocenters. The molecule has 0 amide bonds. The summed E-state index contributed by atoms with van der Waals surface area (Å²) in [6.07, 6.45) is 7.87. The molecule has 1 aromatic carbocycles. The van der Waals surface area contributed by atoms with Gasteiger partial charge in [-0.3, -0.25) is 4.79 Å². The highest BCUT2D eigenvalue weighted by atomic mass is 16.3. The van der Waals surface area contributed by atoms with Gasteiger partial charge < -0.3 is 10.4 Å². The third kappa shape index (κ3) is 2.73. The van der Waals surface area contributed by atoms with Gasteiger partial charge in [-0.1, -0.05) is 13.0 Å². The zero-order chi connectivity index (χ0) is 19.3. The van der Waals surface area contributed by atoms with E-state index >= 15 is 0 Å². The molecule has 28 heavy (non-hydrogen) atoms. The number of aryl methyl sites for hydroxylation is 1. The Morgan fingerprint density at radius 1 is 1.21 bits per heavy atom. The molecule has 2 saturated carbocycles. The summed E-state index contributed by atoms with van der Waals surface area (Å²) in [5.74, 6) is 3.36. The van der Waals surface area contributed by atoms with E-state index in [1.165, 1.54) is 11.1 Å². The van der Waals surface area contributed by atoms with Crippen LogP contribution >= 0.6 is 0 Å². The number of aromatic hydroxyl groups is 1. The van der Waals surface area contributed by atoms with Gasteiger partial charge in [-0.05, 0) is 85.3 Å². The van der Waals surface area contributed by atoms with Gasteiger partial charge in [-0.15, -0.1) is 0 Å². The first-order valence-corrected chi connectivity index (χ1v) is 10.6. The predicted octanol–water partition coefficient (Wildman–Crippen LogP) is 4.82. The van der Waals surface area contributed by atoms with Gasteiger partial charge in [0.1, 0.15) is 17.4 Å². The molecule has 1 heterocycles. The predicted molar refractivity (Wildman–Crippen MR) is 109 cm³/mol. The number of anilines is 1. The second-order valence-corrected chi connectivity index (χ2v) is 9.08. The number of benzene rings is 1. The molecular formula is C24H28N2O2. The number of ketones is 1. The number of phenols is 1. The number of aromatic nitrogens is 1. The summed E-state index contributed by atoms with van der Waals surface area (Å²) in [6, 6.07) is 9.98. The third-order valence-corrected chi connectivity index (χ3v) is 7.76. The number of pyridine rings is 1. The van der Waals surface area contributed by atoms with Crippen LogP contribution in [0.25, 0.3) is 0 Å². The van der Waals surface area contributed by atoms with Crippen molar-refractivity contribution >= 4 is 11.6 Å². The summed E-state index contributed by atoms with van der Waals surface area (Å²) >= 11 is 0. The molecule has 0 aliphatic heterocycles. The molecule has 4 heteroatoms. The normalized spacial score (nSPS) is 31.0. The van der Waals surface area contributed by atoms with E-state index in [2.05, 4.69) is 23.3 Å². The number of hydrogen-bond acceptors (Lipinski definition) is 4. The highest BCUT2D eigenvalue weighted by Gasteiger charge is 2.54. The molecule has 3 unspecified atom stereocenters. The summed E-state index contributed by atoms with van der Waals surface area (Å²) in [5, 5.41) is 13.9. The largest absolute Gasteiger partial charge is 0.508 e. The van der Waals surface area contributed by atoms with Crippen LogP contribution in [0.5, 0.6) is 5.75 Å². The zero-order valence-electron chi connectivity index (χ0n) is 16.4. The summed E-state index contributed by atoms with van der Waals surface area (Å²) < 4.78 is 0. The first-order chi connectivity index (χ1) is 13.6. The highest BCUT2D eigenvalue weighted by Crippen LogP contribution is 2.59. The van der Waals surface area contributed by atoms with Gasteiger partial charge in [0.15, 0.2) is 0 Å². The van der Waals surface area contributed by atoms with E-state index in [0.29, 0.717) is 35.8 Å². The number of Topliss-reactive ketones (excluding diaryl/α,β-unsaturated/α-hetero) is 1. The van der Waals surface area contributed by atoms with Crippen molar-refractivity contribution in [2.45, 2.75) is 57.9 Å². The van der Waals surface area contributed by atoms with E-state index < -0.39 is 0 Å². The van der Waals surface area contributed by atoms with Crippen molar-refractivity contribution in [1.29, 1.82) is 0 Å². The quantitative estimate of drug-likeness (QED) is 0.806. The summed E-state index contributed by atoms with van der Waals surface area (Å²) in [7, 11) is 0. The highest BCUT2D eigenvalue weighted by molar-refractivity contribution is 5.87. The number of carbonyl (C=O) groups is 1. The molecule has 0 radical (unpaired) electrons. The number of nitrogens with zero attached hydrogens (tertiary/aromatic N) is 1. The third-order valence-electron chi connectivity index (χ3n) is 7.76. The number of phenolic OH excluding ortho intramolecular Hbond substituents is 1. The van der Waals surface area contributed by atoms with Crippen LogP contribution in [0.2, 0.25) is 0 Å². The minimum absolute atomic E-state index is 0.0844. The van der Waals surface area contributed by atoms with Gasteiger partial charge >= 0.3 is 0 Å². The summed E-state index contributed by atoms with van der Waals surface area (Å²) in [5.41, 5.74) is 3.56. The smallest absolute Gasteiger partial charge is 0.139 e. The van der Waals surface area contributed by atoms with Crippen LogP contribution in [0.1, 0.15) is 61.6 Å². The maximum atomic E-state index is 12.5. The Bertz CT molecular complexity index is 910. The Morgan fingerprint density at radius 2 is 2.11 bits per heavy atom. The van der Waals surface area contributed by atoms with Crippen LogP contribution in [-0.4, -0.2) is 15.9 Å². The van der Waals surface area contributed by atoms with Crippen molar-refractivity contribution in [2.24, 2.45) is 17.3 Å². The Kier molecular flexibility index (Phi) is 4.18. The van der Waals surface area contributed by atoms with Crippen LogP contribution in [0, 0.1) is 17.3 Å². The summed E-state index contributed by atoms with van der Waals surface area (Å²) in [6.45, 7) is 2.78. The van der Waals surface area contributed by atoms with Crippen LogP contribution in [-0.2, 0) is 17.8 Å². The molecule has 1 aromatic heterocycles. The maximum absolute atomic E-state index is 12.5. The second-order valence-electron chi connectivity index (χ2n) is 9.08. The van der Waals surface area contributed by atoms with Crippen LogP contribution < -0.4 is 5.32 Å². The number of rotatable bonds is 3. The summed E-state index contributed by atoms with van der Waals surface area (Å²) in [4.78, 5) is 16.8.